The number of hydrogen-bond acceptors (Lipinski definition) is 4. The lowest BCUT2D eigenvalue weighted by Crippen LogP contribution is -2.37. The Bertz CT molecular complexity index is 491. The topological polar surface area (TPSA) is 88.4 Å². The standard InChI is InChI=1S/C11H15N5O2/c1-16-7-8(6-13-16)4-5-12-11(18)9-2-3-10(17)15-14-9/h6-7H,2-5H2,1H3,(H,12,18)(H,15,17). The van der Waals surface area contributed by atoms with Crippen LogP contribution in [-0.2, 0) is 23.1 Å². The molecule has 0 saturated heterocycles. The third kappa shape index (κ3) is 3.16. The zero-order valence-corrected chi connectivity index (χ0v) is 10.1. The van der Waals surface area contributed by atoms with Crippen LogP contribution in [0.15, 0.2) is 17.5 Å². The Morgan fingerprint density at radius 1 is 1.56 bits per heavy atom. The van der Waals surface area contributed by atoms with Crippen molar-refractivity contribution in [3.63, 3.8) is 0 Å². The van der Waals surface area contributed by atoms with Gasteiger partial charge >= 0.3 is 0 Å². The summed E-state index contributed by atoms with van der Waals surface area (Å²) in [6.45, 7) is 0.525. The highest BCUT2D eigenvalue weighted by atomic mass is 16.2. The van der Waals surface area contributed by atoms with Crippen molar-refractivity contribution in [3.05, 3.63) is 18.0 Å². The molecule has 96 valence electrons. The third-order valence-corrected chi connectivity index (χ3v) is 2.62. The van der Waals surface area contributed by atoms with Crippen molar-refractivity contribution >= 4 is 17.5 Å². The number of nitrogens with one attached hydrogen (secondary N) is 2. The van der Waals surface area contributed by atoms with Crippen molar-refractivity contribution < 1.29 is 9.59 Å². The van der Waals surface area contributed by atoms with Crippen LogP contribution in [0.1, 0.15) is 18.4 Å². The van der Waals surface area contributed by atoms with Gasteiger partial charge in [0.1, 0.15) is 5.71 Å². The van der Waals surface area contributed by atoms with E-state index in [1.165, 1.54) is 0 Å². The van der Waals surface area contributed by atoms with Gasteiger partial charge in [0.15, 0.2) is 0 Å². The summed E-state index contributed by atoms with van der Waals surface area (Å²) in [6.07, 6.45) is 5.10. The molecule has 1 aromatic rings. The average Bonchev–Trinajstić information content (AvgIpc) is 2.76. The van der Waals surface area contributed by atoms with Gasteiger partial charge in [-0.15, -0.1) is 0 Å². The second-order valence-corrected chi connectivity index (χ2v) is 4.12. The third-order valence-electron chi connectivity index (χ3n) is 2.62. The number of carbonyl (C=O) groups is 2. The summed E-state index contributed by atoms with van der Waals surface area (Å²) >= 11 is 0. The maximum atomic E-state index is 11.7. The monoisotopic (exact) mass is 249 g/mol. The predicted molar refractivity (Wildman–Crippen MR) is 64.7 cm³/mol. The fraction of sp³-hybridized carbons (Fsp3) is 0.455. The van der Waals surface area contributed by atoms with Gasteiger partial charge in [0.2, 0.25) is 5.91 Å². The fourth-order valence-corrected chi connectivity index (χ4v) is 1.66. The molecule has 0 aliphatic carbocycles. The van der Waals surface area contributed by atoms with Crippen LogP contribution in [0.3, 0.4) is 0 Å². The van der Waals surface area contributed by atoms with Gasteiger partial charge in [-0.1, -0.05) is 0 Å². The molecule has 7 nitrogen and oxygen atoms in total. The molecular weight excluding hydrogens is 234 g/mol. The van der Waals surface area contributed by atoms with E-state index in [2.05, 4.69) is 20.9 Å². The Morgan fingerprint density at radius 2 is 2.39 bits per heavy atom. The van der Waals surface area contributed by atoms with Gasteiger partial charge in [-0.2, -0.15) is 10.2 Å². The van der Waals surface area contributed by atoms with Crippen LogP contribution in [0.2, 0.25) is 0 Å². The quantitative estimate of drug-likeness (QED) is 0.742. The van der Waals surface area contributed by atoms with E-state index in [4.69, 9.17) is 0 Å². The molecule has 0 radical (unpaired) electrons. The van der Waals surface area contributed by atoms with Gasteiger partial charge in [-0.25, -0.2) is 5.43 Å². The van der Waals surface area contributed by atoms with E-state index in [0.29, 0.717) is 25.1 Å². The van der Waals surface area contributed by atoms with E-state index in [9.17, 15) is 9.59 Å². The lowest BCUT2D eigenvalue weighted by Gasteiger charge is -2.11. The maximum Gasteiger partial charge on any atom is 0.267 e. The minimum Gasteiger partial charge on any atom is -0.351 e. The molecule has 0 fully saturated rings. The zero-order valence-electron chi connectivity index (χ0n) is 10.1. The molecule has 0 aromatic carbocycles. The van der Waals surface area contributed by atoms with Crippen LogP contribution in [0.4, 0.5) is 0 Å². The van der Waals surface area contributed by atoms with Crippen molar-refractivity contribution in [2.75, 3.05) is 6.54 Å². The lowest BCUT2D eigenvalue weighted by molar-refractivity contribution is -0.121. The van der Waals surface area contributed by atoms with E-state index >= 15 is 0 Å². The van der Waals surface area contributed by atoms with Crippen LogP contribution < -0.4 is 10.7 Å². The largest absolute Gasteiger partial charge is 0.351 e. The van der Waals surface area contributed by atoms with E-state index in [0.717, 1.165) is 12.0 Å². The Kier molecular flexibility index (Phi) is 3.71. The number of aromatic nitrogens is 2. The number of hydrazone groups is 1. The van der Waals surface area contributed by atoms with Crippen molar-refractivity contribution in [1.29, 1.82) is 0 Å². The van der Waals surface area contributed by atoms with Crippen LogP contribution in [0.5, 0.6) is 0 Å². The van der Waals surface area contributed by atoms with Gasteiger partial charge < -0.3 is 5.32 Å². The summed E-state index contributed by atoms with van der Waals surface area (Å²) in [4.78, 5) is 22.6. The average molecular weight is 249 g/mol. The van der Waals surface area contributed by atoms with Gasteiger partial charge in [0, 0.05) is 32.6 Å². The summed E-state index contributed by atoms with van der Waals surface area (Å²) in [5.41, 5.74) is 3.74. The van der Waals surface area contributed by atoms with Crippen molar-refractivity contribution in [2.45, 2.75) is 19.3 Å². The number of nitrogens with zero attached hydrogens (tertiary/aromatic N) is 3. The molecule has 0 spiro atoms. The van der Waals surface area contributed by atoms with E-state index in [-0.39, 0.29) is 11.8 Å². The molecule has 1 aliphatic rings. The summed E-state index contributed by atoms with van der Waals surface area (Å²) < 4.78 is 1.72. The van der Waals surface area contributed by atoms with Crippen LogP contribution >= 0.6 is 0 Å². The maximum absolute atomic E-state index is 11.7. The molecule has 0 atom stereocenters. The first-order chi connectivity index (χ1) is 8.65. The molecular formula is C11H15N5O2. The molecule has 2 heterocycles. The SMILES string of the molecule is Cn1cc(CCNC(=O)C2=NNC(=O)CC2)cn1. The molecule has 1 aromatic heterocycles. The first-order valence-electron chi connectivity index (χ1n) is 5.76. The summed E-state index contributed by atoms with van der Waals surface area (Å²) in [5, 5.41) is 10.5. The van der Waals surface area contributed by atoms with Crippen molar-refractivity contribution in [3.8, 4) is 0 Å². The second-order valence-electron chi connectivity index (χ2n) is 4.12. The van der Waals surface area contributed by atoms with Crippen LogP contribution in [0.25, 0.3) is 0 Å². The molecule has 2 N–H and O–H groups in total. The van der Waals surface area contributed by atoms with Gasteiger partial charge in [-0.3, -0.25) is 14.3 Å². The lowest BCUT2D eigenvalue weighted by atomic mass is 10.1. The Morgan fingerprint density at radius 3 is 3.00 bits per heavy atom. The highest BCUT2D eigenvalue weighted by Crippen LogP contribution is 2.00. The van der Waals surface area contributed by atoms with Crippen molar-refractivity contribution in [2.24, 2.45) is 12.1 Å². The van der Waals surface area contributed by atoms with Crippen LogP contribution in [0, 0.1) is 0 Å². The normalized spacial score (nSPS) is 14.9. The van der Waals surface area contributed by atoms with Gasteiger partial charge in [0.05, 0.1) is 6.20 Å². The first-order valence-corrected chi connectivity index (χ1v) is 5.76. The number of carbonyl (C=O) groups excluding carboxylic acids is 2. The number of amides is 2. The summed E-state index contributed by atoms with van der Waals surface area (Å²) in [6, 6.07) is 0. The molecule has 18 heavy (non-hydrogen) atoms. The minimum atomic E-state index is -0.223. The Labute approximate surface area is 104 Å². The molecule has 0 saturated carbocycles. The number of rotatable bonds is 4. The minimum absolute atomic E-state index is 0.151. The Balaban J connectivity index is 1.77. The van der Waals surface area contributed by atoms with E-state index in [1.807, 2.05) is 13.2 Å². The van der Waals surface area contributed by atoms with E-state index < -0.39 is 0 Å². The van der Waals surface area contributed by atoms with Crippen LogP contribution in [-0.4, -0.2) is 33.9 Å². The zero-order chi connectivity index (χ0) is 13.0. The molecule has 7 heteroatoms. The Hall–Kier alpha value is -2.18. The van der Waals surface area contributed by atoms with Gasteiger partial charge in [-0.05, 0) is 12.0 Å². The number of hydrogen-bond donors (Lipinski definition) is 2. The smallest absolute Gasteiger partial charge is 0.267 e. The summed E-state index contributed by atoms with van der Waals surface area (Å²) in [5.74, 6) is -0.374. The first kappa shape index (κ1) is 12.3. The summed E-state index contributed by atoms with van der Waals surface area (Å²) in [7, 11) is 1.85. The fourth-order valence-electron chi connectivity index (χ4n) is 1.66. The molecule has 2 rings (SSSR count). The number of aryl methyl sites for hydroxylation is 1. The highest BCUT2D eigenvalue weighted by molar-refractivity contribution is 6.39. The van der Waals surface area contributed by atoms with Gasteiger partial charge in [0.25, 0.3) is 5.91 Å². The second kappa shape index (κ2) is 5.44. The molecule has 0 unspecified atom stereocenters. The highest BCUT2D eigenvalue weighted by Gasteiger charge is 2.17. The predicted octanol–water partition coefficient (Wildman–Crippen LogP) is -0.655. The molecule has 1 aliphatic heterocycles. The molecule has 0 bridgehead atoms. The van der Waals surface area contributed by atoms with E-state index in [1.54, 1.807) is 10.9 Å². The molecule has 2 amide bonds. The van der Waals surface area contributed by atoms with Crippen molar-refractivity contribution in [1.82, 2.24) is 20.5 Å².